The Hall–Kier alpha value is -3.65. The van der Waals surface area contributed by atoms with E-state index in [1.54, 1.807) is 28.8 Å². The van der Waals surface area contributed by atoms with Gasteiger partial charge in [0, 0.05) is 10.8 Å². The van der Waals surface area contributed by atoms with Crippen LogP contribution in [-0.4, -0.2) is 11.1 Å². The number of fused-ring (bicyclic) bond motifs is 2. The van der Waals surface area contributed by atoms with Gasteiger partial charge in [-0.2, -0.15) is 0 Å². The quantitative estimate of drug-likeness (QED) is 0.226. The first-order chi connectivity index (χ1) is 24.2. The van der Waals surface area contributed by atoms with Crippen LogP contribution < -0.4 is 0 Å². The number of aryl methyl sites for hydroxylation is 3. The van der Waals surface area contributed by atoms with Crippen molar-refractivity contribution in [1.29, 1.82) is 0 Å². The molecular formula is C50H62O2. The molecule has 0 spiro atoms. The van der Waals surface area contributed by atoms with Gasteiger partial charge in [-0.15, -0.1) is 0 Å². The highest BCUT2D eigenvalue weighted by atomic mass is 16.4. The molecule has 0 amide bonds. The van der Waals surface area contributed by atoms with Crippen molar-refractivity contribution in [3.63, 3.8) is 0 Å². The van der Waals surface area contributed by atoms with Crippen molar-refractivity contribution in [3.8, 4) is 0 Å². The summed E-state index contributed by atoms with van der Waals surface area (Å²) < 4.78 is 0. The van der Waals surface area contributed by atoms with Gasteiger partial charge in [-0.25, -0.2) is 4.79 Å². The molecule has 0 atom stereocenters. The van der Waals surface area contributed by atoms with Crippen LogP contribution in [0.5, 0.6) is 0 Å². The first-order valence-corrected chi connectivity index (χ1v) is 20.0. The molecule has 2 saturated carbocycles. The molecule has 0 aliphatic heterocycles. The molecule has 0 aromatic heterocycles. The van der Waals surface area contributed by atoms with Gasteiger partial charge in [0.1, 0.15) is 0 Å². The second-order valence-electron chi connectivity index (χ2n) is 19.9. The molecule has 4 aromatic carbocycles. The fourth-order valence-corrected chi connectivity index (χ4v) is 9.96. The van der Waals surface area contributed by atoms with E-state index >= 15 is 0 Å². The van der Waals surface area contributed by atoms with Crippen LogP contribution in [0.1, 0.15) is 178 Å². The Morgan fingerprint density at radius 2 is 0.750 bits per heavy atom. The molecule has 8 rings (SSSR count). The fraction of sp³-hybridized carbons (Fsp3) is 0.500. The van der Waals surface area contributed by atoms with Crippen LogP contribution in [-0.2, 0) is 32.5 Å². The van der Waals surface area contributed by atoms with E-state index in [1.807, 2.05) is 12.1 Å². The van der Waals surface area contributed by atoms with Crippen molar-refractivity contribution in [3.05, 3.63) is 140 Å². The third-order valence-electron chi connectivity index (χ3n) is 14.2. The number of hydrogen-bond donors (Lipinski definition) is 1. The van der Waals surface area contributed by atoms with E-state index in [1.165, 1.54) is 83.0 Å². The van der Waals surface area contributed by atoms with Crippen molar-refractivity contribution in [2.75, 3.05) is 0 Å². The highest BCUT2D eigenvalue weighted by molar-refractivity contribution is 5.87. The Labute approximate surface area is 314 Å². The normalized spacial score (nSPS) is 21.8. The summed E-state index contributed by atoms with van der Waals surface area (Å²) in [5.74, 6) is -0.861. The lowest BCUT2D eigenvalue weighted by Crippen LogP contribution is -2.34. The maximum Gasteiger partial charge on any atom is 0.335 e. The number of carbonyl (C=O) groups is 1. The molecule has 4 aliphatic carbocycles. The average molecular weight is 695 g/mol. The third kappa shape index (κ3) is 6.16. The largest absolute Gasteiger partial charge is 0.478 e. The summed E-state index contributed by atoms with van der Waals surface area (Å²) in [6.07, 6.45) is 9.88. The fourth-order valence-electron chi connectivity index (χ4n) is 9.96. The molecule has 1 N–H and O–H groups in total. The molecule has 2 nitrogen and oxygen atoms in total. The van der Waals surface area contributed by atoms with Gasteiger partial charge in [0.25, 0.3) is 0 Å². The minimum atomic E-state index is -0.861. The molecule has 2 fully saturated rings. The van der Waals surface area contributed by atoms with Crippen LogP contribution in [0, 0.1) is 20.8 Å². The third-order valence-corrected chi connectivity index (χ3v) is 14.2. The van der Waals surface area contributed by atoms with Crippen LogP contribution in [0.2, 0.25) is 0 Å². The van der Waals surface area contributed by atoms with E-state index in [-0.39, 0.29) is 27.1 Å². The second-order valence-corrected chi connectivity index (χ2v) is 19.9. The topological polar surface area (TPSA) is 37.3 Å². The van der Waals surface area contributed by atoms with Crippen LogP contribution in [0.15, 0.2) is 72.8 Å². The first kappa shape index (κ1) is 36.7. The van der Waals surface area contributed by atoms with Gasteiger partial charge in [0.05, 0.1) is 5.56 Å². The van der Waals surface area contributed by atoms with E-state index < -0.39 is 5.97 Å². The molecule has 52 heavy (non-hydrogen) atoms. The van der Waals surface area contributed by atoms with Crippen molar-refractivity contribution in [2.45, 2.75) is 160 Å². The minimum absolute atomic E-state index is 0.0633. The molecule has 0 bridgehead atoms. The zero-order valence-electron chi connectivity index (χ0n) is 33.9. The lowest BCUT2D eigenvalue weighted by Gasteiger charge is -2.43. The Balaban J connectivity index is 0.000000162. The van der Waals surface area contributed by atoms with Crippen LogP contribution in [0.25, 0.3) is 0 Å². The van der Waals surface area contributed by atoms with E-state index in [9.17, 15) is 9.90 Å². The number of carboxylic acids is 1. The Morgan fingerprint density at radius 3 is 1.06 bits per heavy atom. The Kier molecular flexibility index (Phi) is 8.60. The molecule has 0 unspecified atom stereocenters. The van der Waals surface area contributed by atoms with Gasteiger partial charge in [-0.1, -0.05) is 122 Å². The van der Waals surface area contributed by atoms with Crippen LogP contribution in [0.3, 0.4) is 0 Å². The zero-order valence-corrected chi connectivity index (χ0v) is 33.9. The average Bonchev–Trinajstić information content (AvgIpc) is 4.02. The van der Waals surface area contributed by atoms with E-state index in [0.717, 1.165) is 12.8 Å². The van der Waals surface area contributed by atoms with Gasteiger partial charge in [-0.3, -0.25) is 0 Å². The SMILES string of the molecule is Cc1cc2c(cc1C1(c3ccc(C(=O)O)cc3)CC1)C(C)(C)CCC2(C)C.Cc1ccc(C2(c3cc4c(cc3C)C(C)(C)CCC4(C)C)CC2)cc1. The molecule has 274 valence electrons. The van der Waals surface area contributed by atoms with Gasteiger partial charge >= 0.3 is 5.97 Å². The number of aromatic carboxylic acids is 1. The monoisotopic (exact) mass is 694 g/mol. The van der Waals surface area contributed by atoms with Crippen molar-refractivity contribution >= 4 is 5.97 Å². The summed E-state index contributed by atoms with van der Waals surface area (Å²) in [5.41, 5.74) is 17.9. The van der Waals surface area contributed by atoms with Gasteiger partial charge in [0.15, 0.2) is 0 Å². The standard InChI is InChI=1S/C25H30O2.C25H32/c1-16-14-20-21(24(4,5)11-10-23(20,2)3)15-19(16)25(12-13-25)18-8-6-17(7-9-18)22(26)27;1-17-7-9-19(10-8-17)25(13-14-25)20-16-22-21(15-18(20)2)23(3,4)11-12-24(22,5)6/h6-9,14-15H,10-13H2,1-5H3,(H,26,27);7-10,15-16H,11-14H2,1-6H3. The molecule has 4 aliphatic rings. The molecule has 2 heteroatoms. The molecule has 0 heterocycles. The lowest BCUT2D eigenvalue weighted by molar-refractivity contribution is 0.0697. The number of carboxylic acid groups (broad SMARTS) is 1. The van der Waals surface area contributed by atoms with Crippen molar-refractivity contribution in [2.24, 2.45) is 0 Å². The number of rotatable bonds is 5. The predicted molar refractivity (Wildman–Crippen MR) is 218 cm³/mol. The Morgan fingerprint density at radius 1 is 0.442 bits per heavy atom. The van der Waals surface area contributed by atoms with Gasteiger partial charge in [0.2, 0.25) is 0 Å². The first-order valence-electron chi connectivity index (χ1n) is 20.0. The zero-order chi connectivity index (χ0) is 37.6. The number of benzene rings is 4. The Bertz CT molecular complexity index is 2030. The van der Waals surface area contributed by atoms with E-state index in [4.69, 9.17) is 0 Å². The van der Waals surface area contributed by atoms with E-state index in [2.05, 4.69) is 125 Å². The summed E-state index contributed by atoms with van der Waals surface area (Å²) in [6.45, 7) is 26.0. The predicted octanol–water partition coefficient (Wildman–Crippen LogP) is 12.9. The summed E-state index contributed by atoms with van der Waals surface area (Å²) in [4.78, 5) is 11.2. The van der Waals surface area contributed by atoms with Crippen molar-refractivity contribution < 1.29 is 9.90 Å². The smallest absolute Gasteiger partial charge is 0.335 e. The summed E-state index contributed by atoms with van der Waals surface area (Å²) in [5, 5.41) is 9.19. The summed E-state index contributed by atoms with van der Waals surface area (Å²) >= 11 is 0. The molecule has 4 aromatic rings. The highest BCUT2D eigenvalue weighted by Crippen LogP contribution is 2.58. The van der Waals surface area contributed by atoms with Crippen LogP contribution >= 0.6 is 0 Å². The van der Waals surface area contributed by atoms with Gasteiger partial charge < -0.3 is 5.11 Å². The highest BCUT2D eigenvalue weighted by Gasteiger charge is 2.49. The lowest BCUT2D eigenvalue weighted by atomic mass is 9.62. The summed E-state index contributed by atoms with van der Waals surface area (Å²) in [7, 11) is 0. The molecular weight excluding hydrogens is 633 g/mol. The van der Waals surface area contributed by atoms with E-state index in [0.29, 0.717) is 11.0 Å². The number of hydrogen-bond acceptors (Lipinski definition) is 1. The maximum absolute atomic E-state index is 11.2. The minimum Gasteiger partial charge on any atom is -0.478 e. The molecule has 0 saturated heterocycles. The second kappa shape index (κ2) is 12.2. The molecule has 0 radical (unpaired) electrons. The van der Waals surface area contributed by atoms with Crippen molar-refractivity contribution in [1.82, 2.24) is 0 Å². The van der Waals surface area contributed by atoms with Gasteiger partial charge in [-0.05, 0) is 162 Å². The summed E-state index contributed by atoms with van der Waals surface area (Å²) in [6, 6.07) is 26.9. The van der Waals surface area contributed by atoms with Crippen LogP contribution in [0.4, 0.5) is 0 Å². The maximum atomic E-state index is 11.2.